The number of hydrogen-bond donors (Lipinski definition) is 3. The van der Waals surface area contributed by atoms with Crippen LogP contribution in [0.25, 0.3) is 6.08 Å². The molecule has 4 amide bonds. The molecular formula is C43H64N8O6. The van der Waals surface area contributed by atoms with Crippen LogP contribution in [-0.2, 0) is 25.6 Å². The molecule has 3 fully saturated rings. The normalized spacial score (nSPS) is 18.2. The number of carbonyl (C=O) groups is 4. The summed E-state index contributed by atoms with van der Waals surface area (Å²) in [7, 11) is 0. The van der Waals surface area contributed by atoms with Crippen LogP contribution in [0.5, 0.6) is 0 Å². The monoisotopic (exact) mass is 788 g/mol. The fraction of sp³-hybridized carbons (Fsp3) is 0.628. The van der Waals surface area contributed by atoms with Gasteiger partial charge >= 0.3 is 6.09 Å². The Hall–Kier alpha value is -4.56. The fourth-order valence-corrected chi connectivity index (χ4v) is 7.70. The van der Waals surface area contributed by atoms with Crippen LogP contribution in [0.4, 0.5) is 16.2 Å². The smallest absolute Gasteiger partial charge is 0.408 e. The van der Waals surface area contributed by atoms with E-state index < -0.39 is 17.7 Å². The van der Waals surface area contributed by atoms with Crippen LogP contribution in [0, 0.1) is 5.92 Å². The van der Waals surface area contributed by atoms with E-state index in [4.69, 9.17) is 9.47 Å². The predicted octanol–water partition coefficient (Wildman–Crippen LogP) is 5.78. The highest BCUT2D eigenvalue weighted by atomic mass is 16.6. The van der Waals surface area contributed by atoms with Gasteiger partial charge in [0.2, 0.25) is 12.3 Å². The number of piperidine rings is 1. The highest BCUT2D eigenvalue weighted by molar-refractivity contribution is 5.92. The molecule has 2 aromatic heterocycles. The Morgan fingerprint density at radius 2 is 1.70 bits per heavy atom. The first-order valence-electron chi connectivity index (χ1n) is 20.9. The molecule has 4 heterocycles. The van der Waals surface area contributed by atoms with Gasteiger partial charge in [-0.3, -0.25) is 24.3 Å². The Bertz CT molecular complexity index is 1660. The maximum atomic E-state index is 13.7. The number of amides is 4. The van der Waals surface area contributed by atoms with E-state index in [0.29, 0.717) is 44.8 Å². The number of likely N-dealkylation sites (tertiary alicyclic amines) is 1. The number of nitrogens with zero attached hydrogens (tertiary/aromatic N) is 5. The molecule has 2 aliphatic heterocycles. The molecule has 1 unspecified atom stereocenters. The van der Waals surface area contributed by atoms with Gasteiger partial charge in [0.15, 0.2) is 0 Å². The van der Waals surface area contributed by atoms with Crippen molar-refractivity contribution in [2.75, 3.05) is 62.6 Å². The molecule has 3 N–H and O–H groups in total. The average Bonchev–Trinajstić information content (AvgIpc) is 3.20. The molecule has 3 aliphatic rings. The van der Waals surface area contributed by atoms with Crippen LogP contribution in [0.2, 0.25) is 0 Å². The third-order valence-electron chi connectivity index (χ3n) is 11.0. The predicted molar refractivity (Wildman–Crippen MR) is 222 cm³/mol. The van der Waals surface area contributed by atoms with Gasteiger partial charge in [-0.05, 0) is 102 Å². The van der Waals surface area contributed by atoms with Gasteiger partial charge in [-0.1, -0.05) is 31.8 Å². The lowest BCUT2D eigenvalue weighted by Crippen LogP contribution is -2.55. The van der Waals surface area contributed by atoms with Crippen molar-refractivity contribution in [2.24, 2.45) is 5.92 Å². The fourth-order valence-electron chi connectivity index (χ4n) is 7.70. The number of aromatic nitrogens is 2. The van der Waals surface area contributed by atoms with Gasteiger partial charge in [-0.2, -0.15) is 0 Å². The van der Waals surface area contributed by atoms with Crippen LogP contribution < -0.4 is 20.9 Å². The molecule has 5 rings (SSSR count). The molecule has 0 spiro atoms. The lowest BCUT2D eigenvalue weighted by atomic mass is 9.83. The number of hydrogen-bond acceptors (Lipinski definition) is 10. The van der Waals surface area contributed by atoms with Crippen molar-refractivity contribution in [1.29, 1.82) is 0 Å². The van der Waals surface area contributed by atoms with E-state index in [1.807, 2.05) is 50.1 Å². The minimum atomic E-state index is -0.632. The number of rotatable bonds is 16. The number of ether oxygens (including phenoxy) is 2. The van der Waals surface area contributed by atoms with Crippen molar-refractivity contribution >= 4 is 41.8 Å². The van der Waals surface area contributed by atoms with Crippen molar-refractivity contribution < 1.29 is 28.7 Å². The number of piperazine rings is 1. The maximum absolute atomic E-state index is 13.7. The number of allylic oxidation sites excluding steroid dienone is 1. The SMILES string of the molecule is CC/C(C)=C/c1ncc(CN2CCN(c3ccc(C(=O)NCCCOC4CCN(C(=O)C(NC(=O)OC(C)(C)C)C5CCCCC5)CC4)nc3)CC2)cc1NC=O. The maximum Gasteiger partial charge on any atom is 0.408 e. The molecule has 14 heteroatoms. The molecule has 1 aliphatic carbocycles. The first-order chi connectivity index (χ1) is 27.4. The van der Waals surface area contributed by atoms with Gasteiger partial charge in [0.1, 0.15) is 17.3 Å². The highest BCUT2D eigenvalue weighted by Gasteiger charge is 2.36. The molecule has 2 aromatic rings. The first-order valence-corrected chi connectivity index (χ1v) is 20.9. The Morgan fingerprint density at radius 3 is 2.35 bits per heavy atom. The summed E-state index contributed by atoms with van der Waals surface area (Å²) in [5.41, 5.74) is 4.46. The highest BCUT2D eigenvalue weighted by Crippen LogP contribution is 2.29. The lowest BCUT2D eigenvalue weighted by Gasteiger charge is -2.37. The summed E-state index contributed by atoms with van der Waals surface area (Å²) in [5, 5.41) is 8.67. The number of carbonyl (C=O) groups excluding carboxylic acids is 4. The summed E-state index contributed by atoms with van der Waals surface area (Å²) in [4.78, 5) is 66.0. The number of nitrogens with one attached hydrogen (secondary N) is 3. The zero-order valence-electron chi connectivity index (χ0n) is 34.7. The number of alkyl carbamates (subject to hydrolysis) is 1. The van der Waals surface area contributed by atoms with Gasteiger partial charge < -0.3 is 35.2 Å². The summed E-state index contributed by atoms with van der Waals surface area (Å²) >= 11 is 0. The zero-order chi connectivity index (χ0) is 40.8. The van der Waals surface area contributed by atoms with Gasteiger partial charge in [0, 0.05) is 65.2 Å². The summed E-state index contributed by atoms with van der Waals surface area (Å²) in [6.45, 7) is 15.9. The molecule has 14 nitrogen and oxygen atoms in total. The quantitative estimate of drug-likeness (QED) is 0.141. The van der Waals surface area contributed by atoms with E-state index >= 15 is 0 Å². The third-order valence-corrected chi connectivity index (χ3v) is 11.0. The number of pyridine rings is 2. The summed E-state index contributed by atoms with van der Waals surface area (Å²) in [6, 6.07) is 5.16. The first kappa shape index (κ1) is 43.6. The molecule has 1 atom stereocenters. The molecule has 1 saturated carbocycles. The molecule has 312 valence electrons. The minimum absolute atomic E-state index is 0.0238. The third kappa shape index (κ3) is 13.5. The van der Waals surface area contributed by atoms with Crippen LogP contribution in [-0.4, -0.2) is 114 Å². The van der Waals surface area contributed by atoms with E-state index in [0.717, 1.165) is 100 Å². The van der Waals surface area contributed by atoms with E-state index in [9.17, 15) is 19.2 Å². The van der Waals surface area contributed by atoms with Crippen molar-refractivity contribution in [1.82, 2.24) is 30.4 Å². The van der Waals surface area contributed by atoms with Crippen LogP contribution in [0.3, 0.4) is 0 Å². The zero-order valence-corrected chi connectivity index (χ0v) is 34.7. The Morgan fingerprint density at radius 1 is 0.965 bits per heavy atom. The Labute approximate surface area is 338 Å². The molecule has 57 heavy (non-hydrogen) atoms. The Kier molecular flexibility index (Phi) is 16.3. The van der Waals surface area contributed by atoms with Gasteiger partial charge in [0.05, 0.1) is 29.4 Å². The van der Waals surface area contributed by atoms with Crippen molar-refractivity contribution in [3.05, 3.63) is 53.1 Å². The summed E-state index contributed by atoms with van der Waals surface area (Å²) < 4.78 is 11.6. The second kappa shape index (κ2) is 21.3. The van der Waals surface area contributed by atoms with Crippen molar-refractivity contribution in [2.45, 2.75) is 117 Å². The molecule has 0 bridgehead atoms. The van der Waals surface area contributed by atoms with Gasteiger partial charge in [0.25, 0.3) is 5.91 Å². The number of anilines is 2. The minimum Gasteiger partial charge on any atom is -0.444 e. The standard InChI is InChI=1S/C43H64N8O6/c1-6-31(2)25-37-38(47-30-52)26-32(27-45-37)29-49-20-22-50(23-21-49)34-13-14-36(46-28-34)40(53)44-17-10-24-56-35-15-18-51(19-16-35)41(54)39(33-11-8-7-9-12-33)48-42(55)57-43(3,4)5/h13-14,25-28,30,33,35,39H,6-12,15-24,29H2,1-5H3,(H,44,53)(H,47,52)(H,48,55)/b31-25+. The Balaban J connectivity index is 0.982. The van der Waals surface area contributed by atoms with E-state index in [1.54, 1.807) is 12.3 Å². The second-order valence-electron chi connectivity index (χ2n) is 16.6. The van der Waals surface area contributed by atoms with Crippen molar-refractivity contribution in [3.63, 3.8) is 0 Å². The molecule has 0 aromatic carbocycles. The average molecular weight is 789 g/mol. The lowest BCUT2D eigenvalue weighted by molar-refractivity contribution is -0.138. The van der Waals surface area contributed by atoms with E-state index in [2.05, 4.69) is 49.6 Å². The van der Waals surface area contributed by atoms with Crippen molar-refractivity contribution in [3.8, 4) is 0 Å². The summed E-state index contributed by atoms with van der Waals surface area (Å²) in [5.74, 6) is -0.114. The second-order valence-corrected chi connectivity index (χ2v) is 16.6. The summed E-state index contributed by atoms with van der Waals surface area (Å²) in [6.07, 6.45) is 14.1. The largest absolute Gasteiger partial charge is 0.444 e. The molecule has 2 saturated heterocycles. The molecule has 0 radical (unpaired) electrons. The molecular weight excluding hydrogens is 725 g/mol. The van der Waals surface area contributed by atoms with Gasteiger partial charge in [-0.25, -0.2) is 9.78 Å². The van der Waals surface area contributed by atoms with Crippen LogP contribution in [0.1, 0.15) is 114 Å². The topological polar surface area (TPSA) is 158 Å². The van der Waals surface area contributed by atoms with Gasteiger partial charge in [-0.15, -0.1) is 0 Å². The van der Waals surface area contributed by atoms with E-state index in [1.165, 1.54) is 12.0 Å². The van der Waals surface area contributed by atoms with Crippen LogP contribution in [0.15, 0.2) is 36.2 Å². The van der Waals surface area contributed by atoms with E-state index in [-0.39, 0.29) is 23.8 Å². The van der Waals surface area contributed by atoms with Crippen LogP contribution >= 0.6 is 0 Å².